The summed E-state index contributed by atoms with van der Waals surface area (Å²) in [4.78, 5) is 14.9. The molecule has 2 aromatic rings. The van der Waals surface area contributed by atoms with E-state index in [1.807, 2.05) is 0 Å². The molecule has 0 aliphatic carbocycles. The molecule has 0 spiro atoms. The average Bonchev–Trinajstić information content (AvgIpc) is 2.44. The number of hydrogen-bond donors (Lipinski definition) is 3. The van der Waals surface area contributed by atoms with Crippen LogP contribution in [0.25, 0.3) is 0 Å². The van der Waals surface area contributed by atoms with E-state index in [0.717, 1.165) is 0 Å². The maximum absolute atomic E-state index is 13.7. The monoisotopic (exact) mass is 291 g/mol. The Labute approximate surface area is 120 Å². The van der Waals surface area contributed by atoms with Gasteiger partial charge in [0.2, 0.25) is 0 Å². The van der Waals surface area contributed by atoms with Gasteiger partial charge in [0, 0.05) is 11.8 Å². The second kappa shape index (κ2) is 6.08. The average molecular weight is 291 g/mol. The zero-order valence-corrected chi connectivity index (χ0v) is 11.3. The quantitative estimate of drug-likeness (QED) is 0.783. The Morgan fingerprint density at radius 3 is 2.86 bits per heavy atom. The molecular weight excluding hydrogens is 277 g/mol. The molecule has 1 aromatic heterocycles. The topological polar surface area (TPSA) is 97.5 Å². The number of nitrogens with two attached hydrogens (primary N) is 1. The molecule has 0 amide bonds. The summed E-state index contributed by atoms with van der Waals surface area (Å²) >= 11 is 0. The Morgan fingerprint density at radius 2 is 2.24 bits per heavy atom. The van der Waals surface area contributed by atoms with E-state index in [0.29, 0.717) is 12.3 Å². The minimum atomic E-state index is -1.16. The molecule has 0 saturated heterocycles. The largest absolute Gasteiger partial charge is 0.491 e. The van der Waals surface area contributed by atoms with Crippen LogP contribution in [0.1, 0.15) is 17.3 Å². The van der Waals surface area contributed by atoms with Crippen LogP contribution in [0.15, 0.2) is 30.5 Å². The lowest BCUT2D eigenvalue weighted by Gasteiger charge is -2.10. The molecule has 1 heterocycles. The smallest absolute Gasteiger partial charge is 0.337 e. The van der Waals surface area contributed by atoms with Gasteiger partial charge in [-0.2, -0.15) is 0 Å². The van der Waals surface area contributed by atoms with Crippen molar-refractivity contribution in [1.29, 1.82) is 0 Å². The van der Waals surface area contributed by atoms with Crippen LogP contribution < -0.4 is 15.8 Å². The molecule has 21 heavy (non-hydrogen) atoms. The number of nitrogen functional groups attached to an aromatic ring is 1. The van der Waals surface area contributed by atoms with Crippen LogP contribution in [0.3, 0.4) is 0 Å². The van der Waals surface area contributed by atoms with Gasteiger partial charge >= 0.3 is 5.97 Å². The molecule has 1 aromatic carbocycles. The molecule has 0 aliphatic rings. The lowest BCUT2D eigenvalue weighted by atomic mass is 10.2. The van der Waals surface area contributed by atoms with Gasteiger partial charge in [-0.3, -0.25) is 0 Å². The number of pyridine rings is 1. The van der Waals surface area contributed by atoms with Gasteiger partial charge in [-0.15, -0.1) is 0 Å². The number of aromatic nitrogens is 1. The number of nitrogens with one attached hydrogen (secondary N) is 1. The summed E-state index contributed by atoms with van der Waals surface area (Å²) in [5, 5.41) is 11.8. The third-order valence-electron chi connectivity index (χ3n) is 2.67. The number of carboxylic acids is 1. The summed E-state index contributed by atoms with van der Waals surface area (Å²) in [6.45, 7) is 2.13. The summed E-state index contributed by atoms with van der Waals surface area (Å²) in [6.07, 6.45) is 1.23. The Bertz CT molecular complexity index is 677. The Hall–Kier alpha value is -2.83. The number of aromatic carboxylic acids is 1. The molecule has 6 nitrogen and oxygen atoms in total. The number of benzene rings is 1. The maximum Gasteiger partial charge on any atom is 0.337 e. The highest BCUT2D eigenvalue weighted by atomic mass is 19.1. The van der Waals surface area contributed by atoms with Gasteiger partial charge in [-0.05, 0) is 25.1 Å². The van der Waals surface area contributed by atoms with Crippen LogP contribution in [0, 0.1) is 5.82 Å². The Kier molecular flexibility index (Phi) is 4.22. The molecule has 0 aliphatic heterocycles. The molecule has 4 N–H and O–H groups in total. The van der Waals surface area contributed by atoms with Crippen LogP contribution in [-0.4, -0.2) is 22.7 Å². The summed E-state index contributed by atoms with van der Waals surface area (Å²) in [7, 11) is 0. The third kappa shape index (κ3) is 3.38. The minimum Gasteiger partial charge on any atom is -0.491 e. The maximum atomic E-state index is 13.7. The highest BCUT2D eigenvalue weighted by Gasteiger charge is 2.10. The predicted octanol–water partition coefficient (Wildman–Crippen LogP) is 2.64. The van der Waals surface area contributed by atoms with Gasteiger partial charge in [0.1, 0.15) is 5.82 Å². The predicted molar refractivity (Wildman–Crippen MR) is 76.5 cm³/mol. The van der Waals surface area contributed by atoms with Crippen molar-refractivity contribution in [2.24, 2.45) is 0 Å². The number of halogens is 1. The minimum absolute atomic E-state index is 0.0610. The van der Waals surface area contributed by atoms with Crippen LogP contribution >= 0.6 is 0 Å². The number of hydrogen-bond acceptors (Lipinski definition) is 5. The fourth-order valence-corrected chi connectivity index (χ4v) is 1.72. The molecule has 0 bridgehead atoms. The molecule has 0 unspecified atom stereocenters. The van der Waals surface area contributed by atoms with E-state index in [1.165, 1.54) is 24.4 Å². The molecule has 0 radical (unpaired) electrons. The van der Waals surface area contributed by atoms with E-state index in [1.54, 1.807) is 13.0 Å². The highest BCUT2D eigenvalue weighted by molar-refractivity contribution is 5.94. The normalized spacial score (nSPS) is 10.2. The lowest BCUT2D eigenvalue weighted by molar-refractivity contribution is 0.0698. The Balaban J connectivity index is 2.24. The molecule has 0 fully saturated rings. The van der Waals surface area contributed by atoms with Crippen LogP contribution in [0.2, 0.25) is 0 Å². The van der Waals surface area contributed by atoms with Crippen LogP contribution in [0.5, 0.6) is 5.75 Å². The number of nitrogens with zero attached hydrogens (tertiary/aromatic N) is 1. The van der Waals surface area contributed by atoms with Gasteiger partial charge in [0.05, 0.1) is 24.1 Å². The van der Waals surface area contributed by atoms with Gasteiger partial charge in [-0.1, -0.05) is 0 Å². The second-order valence-corrected chi connectivity index (χ2v) is 4.17. The number of ether oxygens (including phenoxy) is 1. The van der Waals surface area contributed by atoms with E-state index >= 15 is 0 Å². The highest BCUT2D eigenvalue weighted by Crippen LogP contribution is 2.24. The van der Waals surface area contributed by atoms with Gasteiger partial charge < -0.3 is 20.9 Å². The molecule has 7 heteroatoms. The van der Waals surface area contributed by atoms with Crippen molar-refractivity contribution in [1.82, 2.24) is 4.98 Å². The van der Waals surface area contributed by atoms with E-state index in [2.05, 4.69) is 10.3 Å². The first-order valence-electron chi connectivity index (χ1n) is 6.19. The van der Waals surface area contributed by atoms with E-state index < -0.39 is 11.8 Å². The Morgan fingerprint density at radius 1 is 1.48 bits per heavy atom. The third-order valence-corrected chi connectivity index (χ3v) is 2.67. The van der Waals surface area contributed by atoms with Crippen molar-refractivity contribution in [2.75, 3.05) is 17.7 Å². The molecule has 2 rings (SSSR count). The first-order chi connectivity index (χ1) is 10.0. The van der Waals surface area contributed by atoms with E-state index in [9.17, 15) is 9.18 Å². The van der Waals surface area contributed by atoms with Crippen molar-refractivity contribution in [3.63, 3.8) is 0 Å². The van der Waals surface area contributed by atoms with Crippen molar-refractivity contribution in [3.8, 4) is 5.75 Å². The van der Waals surface area contributed by atoms with Gasteiger partial charge in [-0.25, -0.2) is 14.2 Å². The van der Waals surface area contributed by atoms with E-state index in [4.69, 9.17) is 15.6 Å². The molecule has 110 valence electrons. The van der Waals surface area contributed by atoms with Crippen molar-refractivity contribution >= 4 is 23.2 Å². The van der Waals surface area contributed by atoms with Crippen molar-refractivity contribution in [3.05, 3.63) is 41.8 Å². The number of carbonyl (C=O) groups is 1. The summed E-state index contributed by atoms with van der Waals surface area (Å²) in [6, 6.07) is 5.61. The second-order valence-electron chi connectivity index (χ2n) is 4.17. The van der Waals surface area contributed by atoms with Gasteiger partial charge in [0.15, 0.2) is 11.6 Å². The zero-order valence-electron chi connectivity index (χ0n) is 11.3. The molecule has 0 saturated carbocycles. The fraction of sp³-hybridized carbons (Fsp3) is 0.143. The fourth-order valence-electron chi connectivity index (χ4n) is 1.72. The summed E-state index contributed by atoms with van der Waals surface area (Å²) in [5.74, 6) is -1.27. The van der Waals surface area contributed by atoms with Crippen molar-refractivity contribution in [2.45, 2.75) is 6.92 Å². The number of anilines is 3. The standard InChI is InChI=1S/C14H14FN3O3/c1-2-21-12-4-3-8(5-10(12)15)18-13-6-9(14(19)20)11(16)7-17-13/h3-7H,2,16H2,1H3,(H,17,18)(H,19,20). The first kappa shape index (κ1) is 14.6. The van der Waals surface area contributed by atoms with Crippen LogP contribution in [-0.2, 0) is 0 Å². The van der Waals surface area contributed by atoms with Gasteiger partial charge in [0.25, 0.3) is 0 Å². The summed E-state index contributed by atoms with van der Waals surface area (Å²) in [5.41, 5.74) is 5.92. The van der Waals surface area contributed by atoms with Crippen molar-refractivity contribution < 1.29 is 19.0 Å². The molecular formula is C14H14FN3O3. The van der Waals surface area contributed by atoms with E-state index in [-0.39, 0.29) is 22.8 Å². The lowest BCUT2D eigenvalue weighted by Crippen LogP contribution is -2.05. The zero-order chi connectivity index (χ0) is 15.4. The summed E-state index contributed by atoms with van der Waals surface area (Å²) < 4.78 is 18.8. The molecule has 0 atom stereocenters. The van der Waals surface area contributed by atoms with Crippen LogP contribution in [0.4, 0.5) is 21.6 Å². The number of carboxylic acid groups (broad SMARTS) is 1. The number of rotatable bonds is 5. The SMILES string of the molecule is CCOc1ccc(Nc2cc(C(=O)O)c(N)cn2)cc1F. The first-order valence-corrected chi connectivity index (χ1v) is 6.19.